The van der Waals surface area contributed by atoms with Gasteiger partial charge in [0.15, 0.2) is 6.10 Å². The fraction of sp³-hybridized carbons (Fsp3) is 0.913. The molecule has 0 heterocycles. The molecule has 0 saturated carbocycles. The summed E-state index contributed by atoms with van der Waals surface area (Å²) >= 11 is 0. The average Bonchev–Trinajstić information content (AvgIpc) is 3.18. The molecule has 0 rings (SSSR count). The van der Waals surface area contributed by atoms with E-state index in [1.807, 2.05) is 0 Å². The van der Waals surface area contributed by atoms with Gasteiger partial charge in [0, 0.05) is 19.4 Å². The number of carbonyl (C=O) groups is 2. The van der Waals surface area contributed by atoms with E-state index in [0.29, 0.717) is 6.42 Å². The monoisotopic (exact) mass is 816 g/mol. The van der Waals surface area contributed by atoms with E-state index < -0.39 is 26.5 Å². The van der Waals surface area contributed by atoms with Crippen molar-refractivity contribution in [2.45, 2.75) is 245 Å². The second-order valence-electron chi connectivity index (χ2n) is 16.0. The van der Waals surface area contributed by atoms with Crippen molar-refractivity contribution in [1.29, 1.82) is 0 Å². The Morgan fingerprint density at radius 2 is 0.875 bits per heavy atom. The van der Waals surface area contributed by atoms with E-state index in [0.717, 1.165) is 32.1 Å². The summed E-state index contributed by atoms with van der Waals surface area (Å²) in [5.41, 5.74) is 5.34. The molecule has 0 aromatic carbocycles. The molecule has 0 aliphatic rings. The number of nitrogens with two attached hydrogens (primary N) is 1. The van der Waals surface area contributed by atoms with Crippen LogP contribution in [0.15, 0.2) is 12.2 Å². The van der Waals surface area contributed by atoms with Gasteiger partial charge in [0.1, 0.15) is 6.61 Å². The van der Waals surface area contributed by atoms with Gasteiger partial charge in [-0.3, -0.25) is 18.6 Å². The zero-order chi connectivity index (χ0) is 41.1. The SMILES string of the molecule is CCCCCCCCCC/C=C\CCCCCCCCCCCCCCCCCC(=O)OC(COC(=O)CCCCCCCCCC)COP(=O)(O)OCCN. The van der Waals surface area contributed by atoms with Crippen LogP contribution in [0.25, 0.3) is 0 Å². The Morgan fingerprint density at radius 1 is 0.518 bits per heavy atom. The summed E-state index contributed by atoms with van der Waals surface area (Å²) in [5, 5.41) is 0. The van der Waals surface area contributed by atoms with Crippen molar-refractivity contribution in [3.8, 4) is 0 Å². The van der Waals surface area contributed by atoms with E-state index in [1.54, 1.807) is 0 Å². The Balaban J connectivity index is 3.87. The Hall–Kier alpha value is -1.25. The smallest absolute Gasteiger partial charge is 0.462 e. The van der Waals surface area contributed by atoms with Crippen LogP contribution in [-0.4, -0.2) is 49.3 Å². The van der Waals surface area contributed by atoms with Crippen LogP contribution >= 0.6 is 7.82 Å². The van der Waals surface area contributed by atoms with Crippen LogP contribution in [0, 0.1) is 0 Å². The Labute approximate surface area is 345 Å². The van der Waals surface area contributed by atoms with Crippen molar-refractivity contribution < 1.29 is 37.6 Å². The summed E-state index contributed by atoms with van der Waals surface area (Å²) in [4.78, 5) is 34.7. The maximum atomic E-state index is 12.6. The number of carbonyl (C=O) groups excluding carboxylic acids is 2. The molecule has 2 unspecified atom stereocenters. The van der Waals surface area contributed by atoms with Crippen molar-refractivity contribution >= 4 is 19.8 Å². The maximum absolute atomic E-state index is 12.6. The van der Waals surface area contributed by atoms with Crippen molar-refractivity contribution in [1.82, 2.24) is 0 Å². The predicted molar refractivity (Wildman–Crippen MR) is 234 cm³/mol. The van der Waals surface area contributed by atoms with Gasteiger partial charge >= 0.3 is 19.8 Å². The Morgan fingerprint density at radius 3 is 1.27 bits per heavy atom. The number of unbranched alkanes of at least 4 members (excludes halogenated alkanes) is 30. The zero-order valence-corrected chi connectivity index (χ0v) is 37.5. The maximum Gasteiger partial charge on any atom is 0.472 e. The highest BCUT2D eigenvalue weighted by molar-refractivity contribution is 7.47. The van der Waals surface area contributed by atoms with E-state index >= 15 is 0 Å². The van der Waals surface area contributed by atoms with Crippen molar-refractivity contribution in [3.05, 3.63) is 12.2 Å². The molecule has 0 fully saturated rings. The Bertz CT molecular complexity index is 933. The number of rotatable bonds is 45. The van der Waals surface area contributed by atoms with Crippen LogP contribution in [0.1, 0.15) is 239 Å². The van der Waals surface area contributed by atoms with Crippen molar-refractivity contribution in [3.63, 3.8) is 0 Å². The largest absolute Gasteiger partial charge is 0.472 e. The molecule has 332 valence electrons. The third-order valence-electron chi connectivity index (χ3n) is 10.4. The molecule has 0 radical (unpaired) electrons. The third kappa shape index (κ3) is 42.4. The fourth-order valence-electron chi connectivity index (χ4n) is 6.87. The molecule has 56 heavy (non-hydrogen) atoms. The van der Waals surface area contributed by atoms with Gasteiger partial charge in [-0.1, -0.05) is 199 Å². The van der Waals surface area contributed by atoms with E-state index in [2.05, 4.69) is 26.0 Å². The third-order valence-corrected chi connectivity index (χ3v) is 11.4. The molecule has 3 N–H and O–H groups in total. The lowest BCUT2D eigenvalue weighted by Gasteiger charge is -2.19. The Kier molecular flexibility index (Phi) is 42.4. The second-order valence-corrected chi connectivity index (χ2v) is 17.4. The molecule has 0 aromatic heterocycles. The molecular formula is C46H90NO8P. The number of phosphoric acid groups is 1. The molecule has 0 aliphatic heterocycles. The molecule has 0 bridgehead atoms. The van der Waals surface area contributed by atoms with Crippen molar-refractivity contribution in [2.24, 2.45) is 5.73 Å². The summed E-state index contributed by atoms with van der Waals surface area (Å²) in [7, 11) is -4.37. The molecule has 10 heteroatoms. The highest BCUT2D eigenvalue weighted by Gasteiger charge is 2.26. The van der Waals surface area contributed by atoms with Crippen LogP contribution in [0.3, 0.4) is 0 Å². The number of hydrogen-bond donors (Lipinski definition) is 2. The van der Waals surface area contributed by atoms with Crippen LogP contribution in [-0.2, 0) is 32.7 Å². The van der Waals surface area contributed by atoms with Gasteiger partial charge in [-0.25, -0.2) is 4.57 Å². The average molecular weight is 816 g/mol. The summed E-state index contributed by atoms with van der Waals surface area (Å²) in [5.74, 6) is -0.822. The summed E-state index contributed by atoms with van der Waals surface area (Å²) in [6.45, 7) is 3.73. The van der Waals surface area contributed by atoms with E-state index in [-0.39, 0.29) is 38.6 Å². The summed E-state index contributed by atoms with van der Waals surface area (Å²) in [6, 6.07) is 0. The first kappa shape index (κ1) is 54.8. The first-order chi connectivity index (χ1) is 27.3. The van der Waals surface area contributed by atoms with Crippen LogP contribution in [0.2, 0.25) is 0 Å². The van der Waals surface area contributed by atoms with Gasteiger partial charge in [0.05, 0.1) is 13.2 Å². The fourth-order valence-corrected chi connectivity index (χ4v) is 7.63. The lowest BCUT2D eigenvalue weighted by atomic mass is 10.0. The molecule has 9 nitrogen and oxygen atoms in total. The molecule has 0 saturated heterocycles. The molecule has 0 aliphatic carbocycles. The van der Waals surface area contributed by atoms with Gasteiger partial charge in [0.2, 0.25) is 0 Å². The van der Waals surface area contributed by atoms with Gasteiger partial charge < -0.3 is 20.1 Å². The molecule has 0 spiro atoms. The van der Waals surface area contributed by atoms with Gasteiger partial charge in [-0.2, -0.15) is 0 Å². The minimum atomic E-state index is -4.37. The van der Waals surface area contributed by atoms with Crippen LogP contribution in [0.4, 0.5) is 0 Å². The standard InChI is InChI=1S/C46H90NO8P/c1-3-5-7-9-11-13-14-15-16-17-18-19-20-21-22-23-24-25-26-27-28-29-30-31-33-35-37-39-46(49)55-44(43-54-56(50,51)53-41-40-47)42-52-45(48)38-36-34-32-12-10-8-6-4-2/h17-18,44H,3-16,19-43,47H2,1-2H3,(H,50,51)/b18-17-. The van der Waals surface area contributed by atoms with E-state index in [4.69, 9.17) is 24.3 Å². The van der Waals surface area contributed by atoms with Crippen LogP contribution < -0.4 is 5.73 Å². The molecular weight excluding hydrogens is 725 g/mol. The molecule has 0 aromatic rings. The highest BCUT2D eigenvalue weighted by atomic mass is 31.2. The highest BCUT2D eigenvalue weighted by Crippen LogP contribution is 2.43. The van der Waals surface area contributed by atoms with E-state index in [9.17, 15) is 19.0 Å². The number of allylic oxidation sites excluding steroid dienone is 2. The van der Waals surface area contributed by atoms with Gasteiger partial charge in [-0.05, 0) is 38.5 Å². The molecule has 2 atom stereocenters. The lowest BCUT2D eigenvalue weighted by molar-refractivity contribution is -0.161. The topological polar surface area (TPSA) is 134 Å². The summed E-state index contributed by atoms with van der Waals surface area (Å²) in [6.07, 6.45) is 45.6. The van der Waals surface area contributed by atoms with Gasteiger partial charge in [0.25, 0.3) is 0 Å². The first-order valence-electron chi connectivity index (χ1n) is 23.7. The van der Waals surface area contributed by atoms with E-state index in [1.165, 1.54) is 173 Å². The number of hydrogen-bond acceptors (Lipinski definition) is 8. The summed E-state index contributed by atoms with van der Waals surface area (Å²) < 4.78 is 32.7. The normalized spacial score (nSPS) is 13.3. The van der Waals surface area contributed by atoms with Crippen molar-refractivity contribution in [2.75, 3.05) is 26.4 Å². The first-order valence-corrected chi connectivity index (χ1v) is 25.2. The lowest BCUT2D eigenvalue weighted by Crippen LogP contribution is -2.29. The second kappa shape index (κ2) is 43.3. The molecule has 0 amide bonds. The number of esters is 2. The zero-order valence-electron chi connectivity index (χ0n) is 36.6. The van der Waals surface area contributed by atoms with Gasteiger partial charge in [-0.15, -0.1) is 0 Å². The number of ether oxygens (including phenoxy) is 2. The minimum Gasteiger partial charge on any atom is -0.462 e. The van der Waals surface area contributed by atoms with Crippen LogP contribution in [0.5, 0.6) is 0 Å². The number of phosphoric ester groups is 1. The quantitative estimate of drug-likeness (QED) is 0.0266. The minimum absolute atomic E-state index is 0.0565. The predicted octanol–water partition coefficient (Wildman–Crippen LogP) is 13.8.